The summed E-state index contributed by atoms with van der Waals surface area (Å²) in [5.74, 6) is 0.941. The van der Waals surface area contributed by atoms with Gasteiger partial charge in [-0.15, -0.1) is 0 Å². The molecule has 3 N–H and O–H groups in total. The van der Waals surface area contributed by atoms with Crippen molar-refractivity contribution < 1.29 is 9.59 Å². The van der Waals surface area contributed by atoms with Crippen LogP contribution in [-0.4, -0.2) is 18.4 Å². The van der Waals surface area contributed by atoms with Crippen LogP contribution in [0, 0.1) is 11.3 Å². The van der Waals surface area contributed by atoms with Crippen molar-refractivity contribution in [1.82, 2.24) is 5.32 Å². The SMILES string of the molecule is CC1CCC2(CC1)CNC2=O.CCCC(N)=O. The summed E-state index contributed by atoms with van der Waals surface area (Å²) in [5.41, 5.74) is 4.85. The van der Waals surface area contributed by atoms with E-state index in [1.807, 2.05) is 6.92 Å². The number of nitrogens with one attached hydrogen (secondary N) is 1. The number of hydrogen-bond donors (Lipinski definition) is 2. The highest BCUT2D eigenvalue weighted by atomic mass is 16.2. The van der Waals surface area contributed by atoms with Crippen LogP contribution >= 0.6 is 0 Å². The van der Waals surface area contributed by atoms with Gasteiger partial charge in [0, 0.05) is 13.0 Å². The third kappa shape index (κ3) is 3.72. The number of carbonyl (C=O) groups excluding carboxylic acids is 2. The van der Waals surface area contributed by atoms with Crippen molar-refractivity contribution in [1.29, 1.82) is 0 Å². The Kier molecular flexibility index (Phi) is 4.97. The van der Waals surface area contributed by atoms with Gasteiger partial charge in [0.1, 0.15) is 0 Å². The number of rotatable bonds is 2. The van der Waals surface area contributed by atoms with E-state index in [4.69, 9.17) is 5.73 Å². The molecule has 0 aromatic heterocycles. The van der Waals surface area contributed by atoms with E-state index in [0.29, 0.717) is 12.3 Å². The molecular formula is C13H24N2O2. The first-order valence-electron chi connectivity index (χ1n) is 6.57. The maximum absolute atomic E-state index is 11.2. The number of β-lactam (4-membered cyclic amide) rings is 1. The molecule has 4 heteroatoms. The molecule has 0 aromatic carbocycles. The Morgan fingerprint density at radius 3 is 2.29 bits per heavy atom. The Balaban J connectivity index is 0.000000209. The first-order valence-corrected chi connectivity index (χ1v) is 6.57. The molecule has 1 spiro atoms. The monoisotopic (exact) mass is 240 g/mol. The predicted octanol–water partition coefficient (Wildman–Crippen LogP) is 1.58. The molecule has 1 aliphatic heterocycles. The quantitative estimate of drug-likeness (QED) is 0.719. The zero-order valence-corrected chi connectivity index (χ0v) is 10.9. The summed E-state index contributed by atoms with van der Waals surface area (Å²) in [6.07, 6.45) is 6.11. The molecule has 0 unspecified atom stereocenters. The van der Waals surface area contributed by atoms with Crippen LogP contribution in [-0.2, 0) is 9.59 Å². The summed E-state index contributed by atoms with van der Waals surface area (Å²) < 4.78 is 0. The van der Waals surface area contributed by atoms with E-state index in [1.54, 1.807) is 0 Å². The van der Waals surface area contributed by atoms with Crippen molar-refractivity contribution in [3.8, 4) is 0 Å². The second-order valence-electron chi connectivity index (χ2n) is 5.36. The Labute approximate surface area is 103 Å². The van der Waals surface area contributed by atoms with Crippen LogP contribution in [0.1, 0.15) is 52.4 Å². The fourth-order valence-electron chi connectivity index (χ4n) is 2.38. The van der Waals surface area contributed by atoms with Gasteiger partial charge in [0.15, 0.2) is 0 Å². The topological polar surface area (TPSA) is 72.2 Å². The van der Waals surface area contributed by atoms with Gasteiger partial charge >= 0.3 is 0 Å². The van der Waals surface area contributed by atoms with Gasteiger partial charge in [0.2, 0.25) is 11.8 Å². The second kappa shape index (κ2) is 6.03. The zero-order chi connectivity index (χ0) is 12.9. The minimum atomic E-state index is -0.211. The van der Waals surface area contributed by atoms with Gasteiger partial charge in [-0.1, -0.05) is 13.8 Å². The van der Waals surface area contributed by atoms with E-state index in [-0.39, 0.29) is 11.3 Å². The van der Waals surface area contributed by atoms with E-state index >= 15 is 0 Å². The lowest BCUT2D eigenvalue weighted by atomic mass is 9.67. The van der Waals surface area contributed by atoms with Crippen molar-refractivity contribution in [2.24, 2.45) is 17.1 Å². The van der Waals surface area contributed by atoms with Gasteiger partial charge in [-0.25, -0.2) is 0 Å². The molecule has 4 nitrogen and oxygen atoms in total. The van der Waals surface area contributed by atoms with Gasteiger partial charge in [-0.05, 0) is 38.0 Å². The second-order valence-corrected chi connectivity index (χ2v) is 5.36. The summed E-state index contributed by atoms with van der Waals surface area (Å²) in [5, 5.41) is 2.84. The molecule has 0 aromatic rings. The number of amides is 2. The van der Waals surface area contributed by atoms with Crippen LogP contribution in [0.2, 0.25) is 0 Å². The lowest BCUT2D eigenvalue weighted by molar-refractivity contribution is -0.143. The van der Waals surface area contributed by atoms with Crippen LogP contribution in [0.25, 0.3) is 0 Å². The Hall–Kier alpha value is -1.06. The molecular weight excluding hydrogens is 216 g/mol. The summed E-state index contributed by atoms with van der Waals surface area (Å²) in [7, 11) is 0. The van der Waals surface area contributed by atoms with Crippen LogP contribution in [0.15, 0.2) is 0 Å². The molecule has 17 heavy (non-hydrogen) atoms. The molecule has 2 aliphatic rings. The highest BCUT2D eigenvalue weighted by Gasteiger charge is 2.47. The van der Waals surface area contributed by atoms with Crippen molar-refractivity contribution in [3.05, 3.63) is 0 Å². The van der Waals surface area contributed by atoms with E-state index in [1.165, 1.54) is 12.8 Å². The molecule has 2 amide bonds. The third-order valence-electron chi connectivity index (χ3n) is 3.80. The molecule has 0 bridgehead atoms. The Morgan fingerprint density at radius 1 is 1.47 bits per heavy atom. The summed E-state index contributed by atoms with van der Waals surface area (Å²) in [4.78, 5) is 21.0. The maximum atomic E-state index is 11.2. The van der Waals surface area contributed by atoms with Crippen LogP contribution in [0.4, 0.5) is 0 Å². The predicted molar refractivity (Wildman–Crippen MR) is 67.2 cm³/mol. The highest BCUT2D eigenvalue weighted by Crippen LogP contribution is 2.42. The largest absolute Gasteiger partial charge is 0.370 e. The standard InChI is InChI=1S/C9H15NO.C4H9NO/c1-7-2-4-9(5-3-7)6-10-8(9)11;1-2-3-4(5)6/h7H,2-6H2,1H3,(H,10,11);2-3H2,1H3,(H2,5,6). The molecule has 1 saturated heterocycles. The third-order valence-corrected chi connectivity index (χ3v) is 3.80. The lowest BCUT2D eigenvalue weighted by Gasteiger charge is -2.44. The average Bonchev–Trinajstić information content (AvgIpc) is 2.29. The van der Waals surface area contributed by atoms with Crippen molar-refractivity contribution in [2.45, 2.75) is 52.4 Å². The number of hydrogen-bond acceptors (Lipinski definition) is 2. The average molecular weight is 240 g/mol. The van der Waals surface area contributed by atoms with Gasteiger partial charge < -0.3 is 11.1 Å². The van der Waals surface area contributed by atoms with Crippen LogP contribution in [0.3, 0.4) is 0 Å². The Bertz CT molecular complexity index is 281. The van der Waals surface area contributed by atoms with Crippen molar-refractivity contribution >= 4 is 11.8 Å². The fourth-order valence-corrected chi connectivity index (χ4v) is 2.38. The smallest absolute Gasteiger partial charge is 0.228 e. The Morgan fingerprint density at radius 2 is 2.06 bits per heavy atom. The van der Waals surface area contributed by atoms with Gasteiger partial charge in [0.05, 0.1) is 5.41 Å². The molecule has 0 radical (unpaired) electrons. The van der Waals surface area contributed by atoms with E-state index < -0.39 is 0 Å². The number of carbonyl (C=O) groups is 2. The van der Waals surface area contributed by atoms with Gasteiger partial charge in [0.25, 0.3) is 0 Å². The zero-order valence-electron chi connectivity index (χ0n) is 10.9. The molecule has 2 fully saturated rings. The molecule has 2 rings (SSSR count). The minimum Gasteiger partial charge on any atom is -0.370 e. The van der Waals surface area contributed by atoms with Crippen LogP contribution < -0.4 is 11.1 Å². The van der Waals surface area contributed by atoms with E-state index in [9.17, 15) is 9.59 Å². The summed E-state index contributed by atoms with van der Waals surface area (Å²) in [6, 6.07) is 0. The molecule has 0 atom stereocenters. The molecule has 1 aliphatic carbocycles. The van der Waals surface area contributed by atoms with Gasteiger partial charge in [-0.2, -0.15) is 0 Å². The van der Waals surface area contributed by atoms with Crippen molar-refractivity contribution in [3.63, 3.8) is 0 Å². The summed E-state index contributed by atoms with van der Waals surface area (Å²) >= 11 is 0. The number of primary amides is 1. The fraction of sp³-hybridized carbons (Fsp3) is 0.846. The maximum Gasteiger partial charge on any atom is 0.228 e. The normalized spacial score (nSPS) is 30.9. The summed E-state index contributed by atoms with van der Waals surface area (Å²) in [6.45, 7) is 5.15. The molecule has 1 heterocycles. The first kappa shape index (κ1) is 14.0. The van der Waals surface area contributed by atoms with Crippen molar-refractivity contribution in [2.75, 3.05) is 6.54 Å². The first-order chi connectivity index (χ1) is 8.00. The highest BCUT2D eigenvalue weighted by molar-refractivity contribution is 5.88. The van der Waals surface area contributed by atoms with Crippen LogP contribution in [0.5, 0.6) is 0 Å². The van der Waals surface area contributed by atoms with E-state index in [2.05, 4.69) is 12.2 Å². The van der Waals surface area contributed by atoms with Gasteiger partial charge in [-0.3, -0.25) is 9.59 Å². The number of nitrogens with two attached hydrogens (primary N) is 1. The lowest BCUT2D eigenvalue weighted by Crippen LogP contribution is -2.60. The minimum absolute atomic E-state index is 0.0898. The molecule has 98 valence electrons. The van der Waals surface area contributed by atoms with E-state index in [0.717, 1.165) is 31.7 Å². The molecule has 1 saturated carbocycles.